The van der Waals surface area contributed by atoms with Crippen LogP contribution in [0.5, 0.6) is 0 Å². The Morgan fingerprint density at radius 1 is 1.00 bits per heavy atom. The van der Waals surface area contributed by atoms with Crippen molar-refractivity contribution in [2.24, 2.45) is 0 Å². The van der Waals surface area contributed by atoms with Gasteiger partial charge in [-0.25, -0.2) is 0 Å². The van der Waals surface area contributed by atoms with E-state index in [0.717, 1.165) is 10.0 Å². The molecule has 3 rings (SSSR count). The zero-order valence-corrected chi connectivity index (χ0v) is 15.7. The van der Waals surface area contributed by atoms with Crippen molar-refractivity contribution in [2.75, 3.05) is 26.3 Å². The average molecular weight is 415 g/mol. The zero-order chi connectivity index (χ0) is 18.4. The molecule has 1 heterocycles. The molecule has 0 aliphatic carbocycles. The second-order valence-corrected chi connectivity index (χ2v) is 6.75. The number of ether oxygens (including phenoxy) is 1. The molecule has 1 N–H and O–H groups in total. The molecule has 2 amide bonds. The van der Waals surface area contributed by atoms with Crippen LogP contribution in [0.15, 0.2) is 64.8 Å². The summed E-state index contributed by atoms with van der Waals surface area (Å²) in [5, 5.41) is 2.77. The van der Waals surface area contributed by atoms with Crippen LogP contribution in [-0.2, 0) is 9.53 Å². The fraction of sp³-hybridized carbons (Fsp3) is 0.200. The first kappa shape index (κ1) is 18.4. The van der Waals surface area contributed by atoms with Crippen LogP contribution in [0.2, 0.25) is 0 Å². The van der Waals surface area contributed by atoms with Crippen molar-refractivity contribution in [3.63, 3.8) is 0 Å². The Morgan fingerprint density at radius 2 is 1.65 bits per heavy atom. The molecule has 0 atom stereocenters. The van der Waals surface area contributed by atoms with Gasteiger partial charge in [0.25, 0.3) is 11.8 Å². The summed E-state index contributed by atoms with van der Waals surface area (Å²) in [6, 6.07) is 16.4. The number of morpholine rings is 1. The topological polar surface area (TPSA) is 58.6 Å². The highest BCUT2D eigenvalue weighted by Crippen LogP contribution is 2.14. The highest BCUT2D eigenvalue weighted by molar-refractivity contribution is 9.10. The van der Waals surface area contributed by atoms with E-state index in [0.29, 0.717) is 31.9 Å². The minimum Gasteiger partial charge on any atom is -0.378 e. The maximum absolute atomic E-state index is 12.9. The predicted molar refractivity (Wildman–Crippen MR) is 103 cm³/mol. The highest BCUT2D eigenvalue weighted by Gasteiger charge is 2.22. The standard InChI is InChI=1S/C20H19BrN2O3/c21-17-8-6-15(7-9-17)14-18(20(25)23-10-12-26-13-11-23)22-19(24)16-4-2-1-3-5-16/h1-9,14H,10-13H2,(H,22,24). The van der Waals surface area contributed by atoms with Crippen LogP contribution >= 0.6 is 15.9 Å². The van der Waals surface area contributed by atoms with E-state index in [-0.39, 0.29) is 17.5 Å². The number of rotatable bonds is 4. The van der Waals surface area contributed by atoms with Crippen molar-refractivity contribution in [3.05, 3.63) is 75.9 Å². The lowest BCUT2D eigenvalue weighted by Crippen LogP contribution is -2.44. The lowest BCUT2D eigenvalue weighted by Gasteiger charge is -2.27. The quantitative estimate of drug-likeness (QED) is 0.781. The Morgan fingerprint density at radius 3 is 2.31 bits per heavy atom. The lowest BCUT2D eigenvalue weighted by atomic mass is 10.1. The van der Waals surface area contributed by atoms with Gasteiger partial charge in [-0.3, -0.25) is 9.59 Å². The van der Waals surface area contributed by atoms with Crippen molar-refractivity contribution >= 4 is 33.8 Å². The number of carbonyl (C=O) groups is 2. The van der Waals surface area contributed by atoms with Crippen LogP contribution < -0.4 is 5.32 Å². The molecule has 0 aromatic heterocycles. The van der Waals surface area contributed by atoms with E-state index in [9.17, 15) is 9.59 Å². The van der Waals surface area contributed by atoms with Gasteiger partial charge in [0.2, 0.25) is 0 Å². The lowest BCUT2D eigenvalue weighted by molar-refractivity contribution is -0.131. The Labute approximate surface area is 160 Å². The van der Waals surface area contributed by atoms with Crippen LogP contribution in [0.4, 0.5) is 0 Å². The molecule has 6 heteroatoms. The molecule has 1 fully saturated rings. The molecule has 134 valence electrons. The first-order chi connectivity index (χ1) is 12.6. The number of carbonyl (C=O) groups excluding carboxylic acids is 2. The zero-order valence-electron chi connectivity index (χ0n) is 14.2. The second kappa shape index (κ2) is 8.78. The van der Waals surface area contributed by atoms with Gasteiger partial charge in [-0.2, -0.15) is 0 Å². The van der Waals surface area contributed by atoms with Crippen molar-refractivity contribution in [2.45, 2.75) is 0 Å². The van der Waals surface area contributed by atoms with E-state index in [2.05, 4.69) is 21.2 Å². The Balaban J connectivity index is 1.86. The molecule has 1 aliphatic rings. The number of amides is 2. The number of nitrogens with one attached hydrogen (secondary N) is 1. The third-order valence-corrected chi connectivity index (χ3v) is 4.52. The van der Waals surface area contributed by atoms with Gasteiger partial charge in [-0.1, -0.05) is 46.3 Å². The Bertz CT molecular complexity index is 798. The summed E-state index contributed by atoms with van der Waals surface area (Å²) in [6.45, 7) is 2.03. The van der Waals surface area contributed by atoms with Crippen molar-refractivity contribution < 1.29 is 14.3 Å². The Kier molecular flexibility index (Phi) is 6.20. The van der Waals surface area contributed by atoms with E-state index in [1.165, 1.54) is 0 Å². The van der Waals surface area contributed by atoms with Crippen LogP contribution in [0.3, 0.4) is 0 Å². The van der Waals surface area contributed by atoms with Crippen molar-refractivity contribution in [1.82, 2.24) is 10.2 Å². The smallest absolute Gasteiger partial charge is 0.270 e. The molecule has 0 unspecified atom stereocenters. The largest absolute Gasteiger partial charge is 0.378 e. The van der Waals surface area contributed by atoms with Gasteiger partial charge in [0.15, 0.2) is 0 Å². The van der Waals surface area contributed by atoms with Crippen LogP contribution in [0, 0.1) is 0 Å². The van der Waals surface area contributed by atoms with Gasteiger partial charge in [0.1, 0.15) is 5.70 Å². The van der Waals surface area contributed by atoms with Crippen LogP contribution in [-0.4, -0.2) is 43.0 Å². The molecule has 2 aromatic rings. The number of hydrogen-bond donors (Lipinski definition) is 1. The summed E-state index contributed by atoms with van der Waals surface area (Å²) in [5.74, 6) is -0.518. The minimum absolute atomic E-state index is 0.208. The van der Waals surface area contributed by atoms with Crippen LogP contribution in [0.25, 0.3) is 6.08 Å². The summed E-state index contributed by atoms with van der Waals surface area (Å²) in [6.07, 6.45) is 1.70. The van der Waals surface area contributed by atoms with E-state index in [1.807, 2.05) is 30.3 Å². The minimum atomic E-state index is -0.310. The maximum Gasteiger partial charge on any atom is 0.270 e. The van der Waals surface area contributed by atoms with Gasteiger partial charge in [-0.15, -0.1) is 0 Å². The second-order valence-electron chi connectivity index (χ2n) is 5.83. The summed E-state index contributed by atoms with van der Waals surface area (Å²) >= 11 is 3.39. The summed E-state index contributed by atoms with van der Waals surface area (Å²) in [4.78, 5) is 27.1. The average Bonchev–Trinajstić information content (AvgIpc) is 2.70. The van der Waals surface area contributed by atoms with Gasteiger partial charge in [-0.05, 0) is 35.9 Å². The summed E-state index contributed by atoms with van der Waals surface area (Å²) < 4.78 is 6.25. The molecule has 0 bridgehead atoms. The molecule has 0 saturated carbocycles. The van der Waals surface area contributed by atoms with E-state index in [4.69, 9.17) is 4.74 Å². The molecule has 1 saturated heterocycles. The number of hydrogen-bond acceptors (Lipinski definition) is 3. The normalized spacial score (nSPS) is 14.8. The van der Waals surface area contributed by atoms with Crippen molar-refractivity contribution in [3.8, 4) is 0 Å². The molecule has 5 nitrogen and oxygen atoms in total. The van der Waals surface area contributed by atoms with E-state index < -0.39 is 0 Å². The predicted octanol–water partition coefficient (Wildman–Crippen LogP) is 3.08. The number of nitrogens with zero attached hydrogens (tertiary/aromatic N) is 1. The molecule has 1 aliphatic heterocycles. The number of benzene rings is 2. The molecule has 0 radical (unpaired) electrons. The first-order valence-corrected chi connectivity index (χ1v) is 9.13. The maximum atomic E-state index is 12.9. The molecular formula is C20H19BrN2O3. The van der Waals surface area contributed by atoms with Gasteiger partial charge in [0.05, 0.1) is 13.2 Å². The van der Waals surface area contributed by atoms with Gasteiger partial charge in [0, 0.05) is 23.1 Å². The number of halogens is 1. The van der Waals surface area contributed by atoms with Gasteiger partial charge >= 0.3 is 0 Å². The van der Waals surface area contributed by atoms with Crippen LogP contribution in [0.1, 0.15) is 15.9 Å². The monoisotopic (exact) mass is 414 g/mol. The molecule has 26 heavy (non-hydrogen) atoms. The van der Waals surface area contributed by atoms with E-state index >= 15 is 0 Å². The fourth-order valence-electron chi connectivity index (χ4n) is 2.60. The van der Waals surface area contributed by atoms with Crippen molar-refractivity contribution in [1.29, 1.82) is 0 Å². The Hall–Kier alpha value is -2.44. The SMILES string of the molecule is O=C(NC(=Cc1ccc(Br)cc1)C(=O)N1CCOCC1)c1ccccc1. The highest BCUT2D eigenvalue weighted by atomic mass is 79.9. The summed E-state index contributed by atoms with van der Waals surface area (Å²) in [5.41, 5.74) is 1.59. The molecule has 2 aromatic carbocycles. The van der Waals surface area contributed by atoms with Gasteiger partial charge < -0.3 is 15.0 Å². The summed E-state index contributed by atoms with van der Waals surface area (Å²) in [7, 11) is 0. The van der Waals surface area contributed by atoms with E-state index in [1.54, 1.807) is 35.2 Å². The molecular weight excluding hydrogens is 396 g/mol. The fourth-order valence-corrected chi connectivity index (χ4v) is 2.86. The molecule has 0 spiro atoms. The third-order valence-electron chi connectivity index (χ3n) is 3.99. The third kappa shape index (κ3) is 4.80. The first-order valence-electron chi connectivity index (χ1n) is 8.34.